The highest BCUT2D eigenvalue weighted by Crippen LogP contribution is 2.50. The van der Waals surface area contributed by atoms with Crippen molar-refractivity contribution in [3.63, 3.8) is 0 Å². The number of aromatic nitrogens is 2. The van der Waals surface area contributed by atoms with E-state index in [1.807, 2.05) is 43.4 Å². The van der Waals surface area contributed by atoms with Gasteiger partial charge in [-0.25, -0.2) is 14.3 Å². The molecule has 1 aromatic carbocycles. The zero-order valence-corrected chi connectivity index (χ0v) is 24.1. The van der Waals surface area contributed by atoms with Crippen LogP contribution in [0.3, 0.4) is 0 Å². The van der Waals surface area contributed by atoms with Gasteiger partial charge < -0.3 is 23.3 Å². The molecule has 0 spiro atoms. The summed E-state index contributed by atoms with van der Waals surface area (Å²) in [5.41, 5.74) is -2.18. The van der Waals surface area contributed by atoms with Crippen molar-refractivity contribution in [1.29, 1.82) is 5.26 Å². The zero-order chi connectivity index (χ0) is 31.9. The average molecular weight is 580 g/mol. The van der Waals surface area contributed by atoms with E-state index in [4.69, 9.17) is 32.6 Å². The molecule has 0 aliphatic carbocycles. The second-order valence-electron chi connectivity index (χ2n) is 9.59. The Morgan fingerprint density at radius 3 is 2.58 bits per heavy atom. The molecule has 1 aliphatic heterocycles. The minimum Gasteiger partial charge on any atom is -0.497 e. The predicted octanol–water partition coefficient (Wildman–Crippen LogP) is 3.66. The number of aryl methyl sites for hydroxylation is 1. The van der Waals surface area contributed by atoms with E-state index >= 15 is 0 Å². The Morgan fingerprint density at radius 1 is 1.27 bits per heavy atom. The summed E-state index contributed by atoms with van der Waals surface area (Å²) in [4.78, 5) is 39.8. The normalized spacial score (nSPS) is 21.1. The van der Waals surface area contributed by atoms with Crippen molar-refractivity contribution in [3.8, 4) is 11.8 Å². The van der Waals surface area contributed by atoms with Gasteiger partial charge in [-0.3, -0.25) is 14.3 Å². The van der Waals surface area contributed by atoms with Gasteiger partial charge in [-0.05, 0) is 58.8 Å². The molecule has 1 aliphatic rings. The highest BCUT2D eigenvalue weighted by Gasteiger charge is 2.42. The Morgan fingerprint density at radius 2 is 1.98 bits per heavy atom. The molecule has 4 atom stereocenters. The van der Waals surface area contributed by atoms with Crippen molar-refractivity contribution < 1.29 is 32.2 Å². The largest absolute Gasteiger partial charge is 0.497 e. The molecule has 3 rings (SSSR count). The highest BCUT2D eigenvalue weighted by molar-refractivity contribution is 7.44. The Kier molecular flexibility index (Phi) is 9.85. The van der Waals surface area contributed by atoms with E-state index in [0.717, 1.165) is 10.8 Å². The predicted molar refractivity (Wildman–Crippen MR) is 148 cm³/mol. The lowest BCUT2D eigenvalue weighted by atomic mass is 10.2. The molecule has 12 nitrogen and oxygen atoms in total. The smallest absolute Gasteiger partial charge is 0.338 e. The van der Waals surface area contributed by atoms with E-state index < -0.39 is 56.6 Å². The minimum absolute atomic E-state index is 0.00123. The lowest BCUT2D eigenvalue weighted by Gasteiger charge is -2.37. The molecule has 13 heteroatoms. The molecule has 1 aromatic heterocycles. The first kappa shape index (κ1) is 27.1. The maximum absolute atomic E-state index is 12.8. The van der Waals surface area contributed by atoms with Crippen LogP contribution in [-0.2, 0) is 18.5 Å². The number of nitriles is 1. The van der Waals surface area contributed by atoms with Crippen LogP contribution in [0.2, 0.25) is 0 Å². The number of ether oxygens (including phenoxy) is 3. The topological polar surface area (TPSA) is 145 Å². The van der Waals surface area contributed by atoms with E-state index in [0.29, 0.717) is 5.75 Å². The molecule has 218 valence electrons. The Balaban J connectivity index is 1.93. The van der Waals surface area contributed by atoms with Gasteiger partial charge in [0.05, 0.1) is 37.9 Å². The number of hydrogen-bond acceptors (Lipinski definition) is 10. The van der Waals surface area contributed by atoms with E-state index in [1.165, 1.54) is 7.11 Å². The fraction of sp³-hybridized carbons (Fsp3) is 0.556. The third kappa shape index (κ3) is 7.99. The van der Waals surface area contributed by atoms with Crippen LogP contribution >= 0.6 is 8.53 Å². The van der Waals surface area contributed by atoms with Crippen LogP contribution in [0.5, 0.6) is 5.75 Å². The average Bonchev–Trinajstić information content (AvgIpc) is 3.32. The van der Waals surface area contributed by atoms with Crippen molar-refractivity contribution in [3.05, 3.63) is 62.4 Å². The highest BCUT2D eigenvalue weighted by atomic mass is 31.2. The quantitative estimate of drug-likeness (QED) is 0.212. The van der Waals surface area contributed by atoms with Crippen LogP contribution in [0.15, 0.2) is 40.1 Å². The van der Waals surface area contributed by atoms with Gasteiger partial charge in [0, 0.05) is 34.4 Å². The first-order valence-corrected chi connectivity index (χ1v) is 14.0. The monoisotopic (exact) mass is 579 g/mol. The summed E-state index contributed by atoms with van der Waals surface area (Å²) < 4.78 is 55.3. The van der Waals surface area contributed by atoms with E-state index in [1.54, 1.807) is 24.3 Å². The summed E-state index contributed by atoms with van der Waals surface area (Å²) in [7, 11) is -0.232. The molecule has 1 N–H and O–H groups in total. The van der Waals surface area contributed by atoms with Gasteiger partial charge in [0.1, 0.15) is 24.7 Å². The second kappa shape index (κ2) is 14.5. The van der Waals surface area contributed by atoms with Crippen LogP contribution in [-0.4, -0.2) is 64.8 Å². The number of carbonyl (C=O) groups is 1. The maximum atomic E-state index is 12.8. The molecule has 0 radical (unpaired) electrons. The molecule has 2 aromatic rings. The number of nitrogens with one attached hydrogen (secondary N) is 1. The summed E-state index contributed by atoms with van der Waals surface area (Å²) in [6.07, 6.45) is -1.58. The van der Waals surface area contributed by atoms with E-state index in [2.05, 4.69) is 0 Å². The Bertz CT molecular complexity index is 1380. The molecular weight excluding hydrogens is 539 g/mol. The zero-order valence-electron chi connectivity index (χ0n) is 26.2. The molecule has 40 heavy (non-hydrogen) atoms. The van der Waals surface area contributed by atoms with Crippen molar-refractivity contribution in [1.82, 2.24) is 14.2 Å². The van der Waals surface area contributed by atoms with Gasteiger partial charge in [-0.2, -0.15) is 5.26 Å². The first-order chi connectivity index (χ1) is 20.3. The lowest BCUT2D eigenvalue weighted by Crippen LogP contribution is -2.36. The molecule has 0 amide bonds. The first-order valence-electron chi connectivity index (χ1n) is 14.3. The van der Waals surface area contributed by atoms with Crippen LogP contribution in [0.1, 0.15) is 66.8 Å². The van der Waals surface area contributed by atoms with Crippen molar-refractivity contribution in [2.24, 2.45) is 0 Å². The van der Waals surface area contributed by atoms with Gasteiger partial charge in [-0.15, -0.1) is 0 Å². The van der Waals surface area contributed by atoms with Gasteiger partial charge in [0.25, 0.3) is 14.1 Å². The fourth-order valence-electron chi connectivity index (χ4n) is 4.21. The summed E-state index contributed by atoms with van der Waals surface area (Å²) in [6.45, 7) is 4.99. The molecule has 1 saturated heterocycles. The molecule has 1 unspecified atom stereocenters. The summed E-state index contributed by atoms with van der Waals surface area (Å²) >= 11 is 0. The van der Waals surface area contributed by atoms with Crippen LogP contribution in [0.4, 0.5) is 0 Å². The third-order valence-electron chi connectivity index (χ3n) is 6.05. The second-order valence-corrected chi connectivity index (χ2v) is 11.0. The van der Waals surface area contributed by atoms with Crippen molar-refractivity contribution in [2.45, 2.75) is 77.9 Å². The SMILES string of the molecule is [2H]C([2H])([2H])c1cn([C@H]2C[C@@H](OP(OCCC#N)N(C(C)C)C(C)C)[C@@H](COC(=O)c3ccc(OC)cc3)O2)c(=O)[nH]c1=O. The van der Waals surface area contributed by atoms with E-state index in [9.17, 15) is 14.4 Å². The van der Waals surface area contributed by atoms with Crippen LogP contribution in [0.25, 0.3) is 0 Å². The third-order valence-corrected chi connectivity index (χ3v) is 8.21. The Hall–Kier alpha value is -3.07. The number of esters is 1. The number of H-pyrrole nitrogens is 1. The maximum Gasteiger partial charge on any atom is 0.338 e. The number of methoxy groups -OCH3 is 1. The van der Waals surface area contributed by atoms with Gasteiger partial charge in [-0.1, -0.05) is 0 Å². The van der Waals surface area contributed by atoms with Crippen LogP contribution < -0.4 is 16.0 Å². The van der Waals surface area contributed by atoms with Crippen molar-refractivity contribution >= 4 is 14.5 Å². The molecule has 0 bridgehead atoms. The fourth-order valence-corrected chi connectivity index (χ4v) is 5.97. The standard InChI is InChI=1S/C27H37N4O8P/c1-17(2)31(18(3)4)40(37-13-7-12-28)39-22-14-24(30-15-19(5)25(32)29-27(30)34)38-23(22)16-36-26(33)20-8-10-21(35-6)11-9-20/h8-11,15,17-18,22-24H,7,13-14,16H2,1-6H3,(H,29,32,34)/t22-,23-,24-,40?/m1/s1/i5D3. The van der Waals surface area contributed by atoms with E-state index in [-0.39, 0.29) is 43.7 Å². The number of carbonyl (C=O) groups excluding carboxylic acids is 1. The summed E-state index contributed by atoms with van der Waals surface area (Å²) in [5.74, 6) is -0.0581. The van der Waals surface area contributed by atoms with Gasteiger partial charge >= 0.3 is 11.7 Å². The van der Waals surface area contributed by atoms with Gasteiger partial charge in [0.15, 0.2) is 0 Å². The number of rotatable bonds is 13. The Labute approximate surface area is 238 Å². The number of hydrogen-bond donors (Lipinski definition) is 1. The van der Waals surface area contributed by atoms with Gasteiger partial charge in [0.2, 0.25) is 0 Å². The summed E-state index contributed by atoms with van der Waals surface area (Å²) in [5, 5.41) is 9.04. The molecule has 0 saturated carbocycles. The molecule has 1 fully saturated rings. The van der Waals surface area contributed by atoms with Crippen LogP contribution in [0, 0.1) is 18.2 Å². The molecule has 2 heterocycles. The summed E-state index contributed by atoms with van der Waals surface area (Å²) in [6, 6.07) is 8.39. The van der Waals surface area contributed by atoms with Crippen molar-refractivity contribution in [2.75, 3.05) is 20.3 Å². The number of aromatic amines is 1. The lowest BCUT2D eigenvalue weighted by molar-refractivity contribution is -0.0513. The molecular formula is C27H37N4O8P. The minimum atomic E-state index is -2.78. The number of benzene rings is 1. The number of nitrogens with zero attached hydrogens (tertiary/aromatic N) is 3.